The first kappa shape index (κ1) is 22.5. The van der Waals surface area contributed by atoms with Gasteiger partial charge in [0, 0.05) is 6.54 Å². The van der Waals surface area contributed by atoms with Gasteiger partial charge in [-0.05, 0) is 42.5 Å². The summed E-state index contributed by atoms with van der Waals surface area (Å²) in [7, 11) is -3.50. The van der Waals surface area contributed by atoms with Gasteiger partial charge in [-0.25, -0.2) is 8.42 Å². The van der Waals surface area contributed by atoms with Crippen molar-refractivity contribution in [1.29, 1.82) is 0 Å². The molecule has 1 fully saturated rings. The predicted molar refractivity (Wildman–Crippen MR) is 118 cm³/mol. The largest absolute Gasteiger partial charge is 0.351 e. The van der Waals surface area contributed by atoms with Crippen molar-refractivity contribution in [2.45, 2.75) is 31.6 Å². The molecule has 2 aromatic rings. The molecule has 0 spiro atoms. The van der Waals surface area contributed by atoms with Crippen molar-refractivity contribution in [3.63, 3.8) is 0 Å². The molecule has 1 saturated heterocycles. The Balaban J connectivity index is 1.49. The van der Waals surface area contributed by atoms with E-state index in [2.05, 4.69) is 24.4 Å². The average Bonchev–Trinajstić information content (AvgIpc) is 2.74. The molecule has 30 heavy (non-hydrogen) atoms. The van der Waals surface area contributed by atoms with Gasteiger partial charge in [-0.3, -0.25) is 4.79 Å². The Kier molecular flexibility index (Phi) is 7.28. The van der Waals surface area contributed by atoms with E-state index in [1.165, 1.54) is 5.56 Å². The summed E-state index contributed by atoms with van der Waals surface area (Å²) in [5.74, 6) is 0.267. The van der Waals surface area contributed by atoms with E-state index < -0.39 is 10.0 Å². The Labute approximate surface area is 179 Å². The number of carbonyl (C=O) groups excluding carboxylic acids is 1. The first-order valence-electron chi connectivity index (χ1n) is 10.5. The Morgan fingerprint density at radius 3 is 2.43 bits per heavy atom. The van der Waals surface area contributed by atoms with E-state index >= 15 is 0 Å². The van der Waals surface area contributed by atoms with E-state index in [4.69, 9.17) is 0 Å². The van der Waals surface area contributed by atoms with Crippen molar-refractivity contribution in [3.8, 4) is 0 Å². The molecule has 0 aliphatic carbocycles. The van der Waals surface area contributed by atoms with Gasteiger partial charge in [0.1, 0.15) is 0 Å². The topological polar surface area (TPSA) is 70.9 Å². The van der Waals surface area contributed by atoms with Gasteiger partial charge >= 0.3 is 0 Å². The van der Waals surface area contributed by atoms with E-state index in [1.807, 2.05) is 44.2 Å². The summed E-state index contributed by atoms with van der Waals surface area (Å²) in [5, 5.41) is 3.02. The van der Waals surface area contributed by atoms with Crippen molar-refractivity contribution in [3.05, 3.63) is 65.2 Å². The van der Waals surface area contributed by atoms with E-state index in [9.17, 15) is 13.2 Å². The maximum absolute atomic E-state index is 13.0. The second-order valence-corrected chi connectivity index (χ2v) is 10.1. The number of hydrogen-bond acceptors (Lipinski definition) is 3. The first-order chi connectivity index (χ1) is 14.3. The molecule has 3 rings (SSSR count). The summed E-state index contributed by atoms with van der Waals surface area (Å²) < 4.78 is 27.6. The molecule has 0 unspecified atom stereocenters. The number of hydrogen-bond donors (Lipinski definition) is 2. The summed E-state index contributed by atoms with van der Waals surface area (Å²) in [6.07, 6.45) is 0. The van der Waals surface area contributed by atoms with Crippen molar-refractivity contribution < 1.29 is 18.1 Å². The van der Waals surface area contributed by atoms with Crippen molar-refractivity contribution in [2.75, 3.05) is 39.3 Å². The molecular weight excluding hydrogens is 398 g/mol. The monoisotopic (exact) mass is 430 g/mol. The minimum atomic E-state index is -3.50. The van der Waals surface area contributed by atoms with E-state index in [0.717, 1.165) is 16.0 Å². The second-order valence-electron chi connectivity index (χ2n) is 8.22. The average molecular weight is 431 g/mol. The zero-order valence-corrected chi connectivity index (χ0v) is 18.8. The maximum atomic E-state index is 13.0. The summed E-state index contributed by atoms with van der Waals surface area (Å²) in [5.41, 5.74) is 2.91. The number of nitrogens with one attached hydrogen (secondary N) is 2. The van der Waals surface area contributed by atoms with Gasteiger partial charge in [0.25, 0.3) is 5.91 Å². The molecule has 0 aromatic heterocycles. The molecule has 1 aliphatic heterocycles. The van der Waals surface area contributed by atoms with Gasteiger partial charge in [0.15, 0.2) is 6.54 Å². The lowest BCUT2D eigenvalue weighted by Gasteiger charge is -2.31. The number of piperazine rings is 1. The van der Waals surface area contributed by atoms with Crippen LogP contribution in [-0.2, 0) is 14.8 Å². The van der Waals surface area contributed by atoms with Gasteiger partial charge in [0.2, 0.25) is 10.0 Å². The molecule has 1 heterocycles. The van der Waals surface area contributed by atoms with Gasteiger partial charge in [0.05, 0.1) is 31.1 Å². The lowest BCUT2D eigenvalue weighted by atomic mass is 10.0. The fourth-order valence-corrected chi connectivity index (χ4v) is 5.55. The highest BCUT2D eigenvalue weighted by Gasteiger charge is 2.32. The van der Waals surface area contributed by atoms with Crippen LogP contribution in [0.5, 0.6) is 0 Å². The highest BCUT2D eigenvalue weighted by molar-refractivity contribution is 7.89. The normalized spacial score (nSPS) is 16.9. The van der Waals surface area contributed by atoms with Crippen LogP contribution in [0.1, 0.15) is 29.5 Å². The highest BCUT2D eigenvalue weighted by atomic mass is 32.2. The molecule has 1 atom stereocenters. The number of amides is 1. The lowest BCUT2D eigenvalue weighted by molar-refractivity contribution is -0.895. The molecule has 0 radical (unpaired) electrons. The van der Waals surface area contributed by atoms with Crippen molar-refractivity contribution >= 4 is 15.9 Å². The zero-order valence-electron chi connectivity index (χ0n) is 18.0. The number of benzene rings is 2. The number of sulfonamides is 1. The van der Waals surface area contributed by atoms with Gasteiger partial charge in [-0.2, -0.15) is 4.31 Å². The molecular formula is C23H32N3O3S+. The molecule has 2 aromatic carbocycles. The predicted octanol–water partition coefficient (Wildman–Crippen LogP) is 1.11. The summed E-state index contributed by atoms with van der Waals surface area (Å²) in [6.45, 7) is 8.92. The second kappa shape index (κ2) is 9.73. The molecule has 1 amide bonds. The van der Waals surface area contributed by atoms with Gasteiger partial charge in [-0.15, -0.1) is 0 Å². The van der Waals surface area contributed by atoms with Gasteiger partial charge < -0.3 is 10.2 Å². The minimum absolute atomic E-state index is 0.0126. The van der Waals surface area contributed by atoms with Crippen LogP contribution in [0.3, 0.4) is 0 Å². The highest BCUT2D eigenvalue weighted by Crippen LogP contribution is 2.21. The third kappa shape index (κ3) is 5.47. The van der Waals surface area contributed by atoms with E-state index in [0.29, 0.717) is 44.2 Å². The van der Waals surface area contributed by atoms with Crippen LogP contribution in [0.4, 0.5) is 0 Å². The molecule has 0 saturated carbocycles. The summed E-state index contributed by atoms with van der Waals surface area (Å²) in [6, 6.07) is 15.6. The Morgan fingerprint density at radius 1 is 1.10 bits per heavy atom. The first-order valence-corrected chi connectivity index (χ1v) is 11.9. The number of carbonyl (C=O) groups is 1. The van der Waals surface area contributed by atoms with Crippen LogP contribution >= 0.6 is 0 Å². The number of quaternary nitrogens is 1. The maximum Gasteiger partial charge on any atom is 0.275 e. The smallest absolute Gasteiger partial charge is 0.275 e. The quantitative estimate of drug-likeness (QED) is 0.691. The minimum Gasteiger partial charge on any atom is -0.351 e. The number of nitrogens with zero attached hydrogens (tertiary/aromatic N) is 1. The summed E-state index contributed by atoms with van der Waals surface area (Å²) >= 11 is 0. The van der Waals surface area contributed by atoms with E-state index in [-0.39, 0.29) is 11.8 Å². The van der Waals surface area contributed by atoms with E-state index in [1.54, 1.807) is 10.4 Å². The van der Waals surface area contributed by atoms with Crippen LogP contribution in [0.15, 0.2) is 53.4 Å². The lowest BCUT2D eigenvalue weighted by Crippen LogP contribution is -3.15. The molecule has 0 bridgehead atoms. The molecule has 6 nitrogen and oxygen atoms in total. The number of rotatable bonds is 7. The molecule has 162 valence electrons. The van der Waals surface area contributed by atoms with Crippen LogP contribution in [0.2, 0.25) is 0 Å². The molecule has 1 aliphatic rings. The fraction of sp³-hybridized carbons (Fsp3) is 0.435. The third-order valence-corrected chi connectivity index (χ3v) is 7.82. The Bertz CT molecular complexity index is 968. The van der Waals surface area contributed by atoms with Crippen molar-refractivity contribution in [2.24, 2.45) is 0 Å². The van der Waals surface area contributed by atoms with Gasteiger partial charge in [-0.1, -0.05) is 49.4 Å². The molecule has 7 heteroatoms. The Hall–Kier alpha value is -2.22. The van der Waals surface area contributed by atoms with Crippen LogP contribution < -0.4 is 10.2 Å². The Morgan fingerprint density at radius 2 is 1.77 bits per heavy atom. The zero-order chi connectivity index (χ0) is 21.7. The van der Waals surface area contributed by atoms with Crippen LogP contribution in [-0.4, -0.2) is 57.9 Å². The SMILES string of the molecule is Cc1ccc(C)c(S(=O)(=O)N2CC[NH+](CC(=O)NC[C@@H](C)c3ccccc3)CC2)c1. The van der Waals surface area contributed by atoms with Crippen molar-refractivity contribution in [1.82, 2.24) is 9.62 Å². The standard InChI is InChI=1S/C23H31N3O3S/c1-18-9-10-19(2)22(15-18)30(28,29)26-13-11-25(12-14-26)17-23(27)24-16-20(3)21-7-5-4-6-8-21/h4-10,15,20H,11-14,16-17H2,1-3H3,(H,24,27)/p+1/t20-/m1/s1. The van der Waals surface area contributed by atoms with Crippen LogP contribution in [0, 0.1) is 13.8 Å². The third-order valence-electron chi connectivity index (χ3n) is 5.78. The summed E-state index contributed by atoms with van der Waals surface area (Å²) in [4.78, 5) is 13.9. The fourth-order valence-electron chi connectivity index (χ4n) is 3.80. The molecule has 2 N–H and O–H groups in total. The number of aryl methyl sites for hydroxylation is 2. The van der Waals surface area contributed by atoms with Crippen LogP contribution in [0.25, 0.3) is 0 Å².